The number of methoxy groups -OCH3 is 1. The largest absolute Gasteiger partial charge is 0.497 e. The molecule has 3 aromatic rings. The summed E-state index contributed by atoms with van der Waals surface area (Å²) in [5.74, 6) is 0.735. The van der Waals surface area contributed by atoms with Crippen LogP contribution in [0.5, 0.6) is 5.75 Å². The van der Waals surface area contributed by atoms with Gasteiger partial charge in [0, 0.05) is 11.1 Å². The highest BCUT2D eigenvalue weighted by Gasteiger charge is 2.35. The molecule has 1 atom stereocenters. The predicted molar refractivity (Wildman–Crippen MR) is 105 cm³/mol. The summed E-state index contributed by atoms with van der Waals surface area (Å²) >= 11 is 0. The standard InChI is InChI=1S/C20H19N5O2/c1-13-5-4-10-22-18(13)23-19(26)20(2,24-25-21)16-8-6-15-12-17(27-3)9-7-14(15)11-16/h4-12H,1-3H3,(H,22,23,26). The van der Waals surface area contributed by atoms with Crippen LogP contribution < -0.4 is 10.1 Å². The third-order valence-electron chi connectivity index (χ3n) is 4.54. The second-order valence-electron chi connectivity index (χ2n) is 6.31. The molecule has 1 unspecified atom stereocenters. The quantitative estimate of drug-likeness (QED) is 0.404. The van der Waals surface area contributed by atoms with E-state index in [1.54, 1.807) is 32.4 Å². The first-order valence-electron chi connectivity index (χ1n) is 8.35. The van der Waals surface area contributed by atoms with Gasteiger partial charge in [0.05, 0.1) is 7.11 Å². The van der Waals surface area contributed by atoms with Gasteiger partial charge in [0.2, 0.25) is 5.91 Å². The van der Waals surface area contributed by atoms with Crippen LogP contribution in [0.15, 0.2) is 59.8 Å². The maximum Gasteiger partial charge on any atom is 0.241 e. The fourth-order valence-electron chi connectivity index (χ4n) is 2.82. The molecular weight excluding hydrogens is 342 g/mol. The van der Waals surface area contributed by atoms with Crippen molar-refractivity contribution in [2.45, 2.75) is 19.4 Å². The first kappa shape index (κ1) is 18.2. The van der Waals surface area contributed by atoms with E-state index in [0.29, 0.717) is 11.4 Å². The first-order valence-corrected chi connectivity index (χ1v) is 8.35. The fraction of sp³-hybridized carbons (Fsp3) is 0.200. The van der Waals surface area contributed by atoms with Crippen LogP contribution in [0.1, 0.15) is 18.1 Å². The molecule has 0 bridgehead atoms. The molecule has 1 aromatic heterocycles. The van der Waals surface area contributed by atoms with Crippen molar-refractivity contribution in [2.24, 2.45) is 5.11 Å². The van der Waals surface area contributed by atoms with Crippen LogP contribution >= 0.6 is 0 Å². The number of nitrogens with zero attached hydrogens (tertiary/aromatic N) is 4. The van der Waals surface area contributed by atoms with Crippen molar-refractivity contribution in [2.75, 3.05) is 12.4 Å². The lowest BCUT2D eigenvalue weighted by Crippen LogP contribution is -2.36. The van der Waals surface area contributed by atoms with Crippen LogP contribution in [0.25, 0.3) is 21.2 Å². The summed E-state index contributed by atoms with van der Waals surface area (Å²) in [4.78, 5) is 20.1. The molecule has 1 N–H and O–H groups in total. The molecular formula is C20H19N5O2. The van der Waals surface area contributed by atoms with E-state index < -0.39 is 11.4 Å². The fourth-order valence-corrected chi connectivity index (χ4v) is 2.82. The zero-order valence-electron chi connectivity index (χ0n) is 15.3. The second kappa shape index (κ2) is 7.35. The van der Waals surface area contributed by atoms with Crippen LogP contribution in [0, 0.1) is 6.92 Å². The Kier molecular flexibility index (Phi) is 4.96. The lowest BCUT2D eigenvalue weighted by atomic mass is 9.90. The monoisotopic (exact) mass is 361 g/mol. The average molecular weight is 361 g/mol. The van der Waals surface area contributed by atoms with E-state index in [-0.39, 0.29) is 0 Å². The van der Waals surface area contributed by atoms with E-state index in [2.05, 4.69) is 20.3 Å². The number of fused-ring (bicyclic) bond motifs is 1. The topological polar surface area (TPSA) is 100.0 Å². The minimum absolute atomic E-state index is 0.437. The summed E-state index contributed by atoms with van der Waals surface area (Å²) in [6.07, 6.45) is 1.59. The molecule has 0 aliphatic rings. The molecule has 136 valence electrons. The molecule has 0 aliphatic carbocycles. The third-order valence-corrected chi connectivity index (χ3v) is 4.54. The van der Waals surface area contributed by atoms with E-state index in [1.807, 2.05) is 43.3 Å². The smallest absolute Gasteiger partial charge is 0.241 e. The Morgan fingerprint density at radius 3 is 2.67 bits per heavy atom. The Morgan fingerprint density at radius 2 is 1.96 bits per heavy atom. The van der Waals surface area contributed by atoms with Crippen molar-refractivity contribution < 1.29 is 9.53 Å². The second-order valence-corrected chi connectivity index (χ2v) is 6.31. The number of azide groups is 1. The van der Waals surface area contributed by atoms with Crippen molar-refractivity contribution in [3.63, 3.8) is 0 Å². The van der Waals surface area contributed by atoms with Gasteiger partial charge in [-0.25, -0.2) is 4.98 Å². The van der Waals surface area contributed by atoms with Crippen LogP contribution in [0.2, 0.25) is 0 Å². The Morgan fingerprint density at radius 1 is 1.22 bits per heavy atom. The minimum atomic E-state index is -1.42. The van der Waals surface area contributed by atoms with Gasteiger partial charge < -0.3 is 10.1 Å². The molecule has 0 spiro atoms. The average Bonchev–Trinajstić information content (AvgIpc) is 2.68. The van der Waals surface area contributed by atoms with E-state index in [0.717, 1.165) is 22.1 Å². The zero-order valence-corrected chi connectivity index (χ0v) is 15.3. The number of carbonyl (C=O) groups is 1. The van der Waals surface area contributed by atoms with Crippen LogP contribution in [-0.2, 0) is 10.3 Å². The predicted octanol–water partition coefficient (Wildman–Crippen LogP) is 4.72. The van der Waals surface area contributed by atoms with Gasteiger partial charge in [0.25, 0.3) is 0 Å². The SMILES string of the molecule is COc1ccc2cc(C(C)(N=[N+]=[N-])C(=O)Nc3ncccc3C)ccc2c1. The summed E-state index contributed by atoms with van der Waals surface area (Å²) < 4.78 is 5.24. The maximum absolute atomic E-state index is 13.0. The lowest BCUT2D eigenvalue weighted by molar-refractivity contribution is -0.120. The highest BCUT2D eigenvalue weighted by Crippen LogP contribution is 2.31. The molecule has 1 heterocycles. The highest BCUT2D eigenvalue weighted by molar-refractivity contribution is 5.99. The Bertz CT molecular complexity index is 1060. The number of hydrogen-bond acceptors (Lipinski definition) is 4. The van der Waals surface area contributed by atoms with Gasteiger partial charge in [0.15, 0.2) is 0 Å². The minimum Gasteiger partial charge on any atom is -0.497 e. The number of amides is 1. The molecule has 27 heavy (non-hydrogen) atoms. The van der Waals surface area contributed by atoms with Crippen LogP contribution in [-0.4, -0.2) is 18.0 Å². The number of aromatic nitrogens is 1. The van der Waals surface area contributed by atoms with Crippen molar-refractivity contribution in [1.82, 2.24) is 4.98 Å². The Hall–Kier alpha value is -3.57. The van der Waals surface area contributed by atoms with Crippen LogP contribution in [0.4, 0.5) is 5.82 Å². The van der Waals surface area contributed by atoms with Crippen molar-refractivity contribution in [1.29, 1.82) is 0 Å². The number of carbonyl (C=O) groups excluding carboxylic acids is 1. The summed E-state index contributed by atoms with van der Waals surface area (Å²) in [5.41, 5.74) is 9.04. The van der Waals surface area contributed by atoms with Gasteiger partial charge in [-0.3, -0.25) is 4.79 Å². The lowest BCUT2D eigenvalue weighted by Gasteiger charge is -2.24. The third kappa shape index (κ3) is 3.54. The Labute approximate surface area is 156 Å². The Balaban J connectivity index is 2.03. The molecule has 7 nitrogen and oxygen atoms in total. The number of hydrogen-bond donors (Lipinski definition) is 1. The zero-order chi connectivity index (χ0) is 19.4. The van der Waals surface area contributed by atoms with E-state index in [9.17, 15) is 4.79 Å². The number of anilines is 1. The van der Waals surface area contributed by atoms with Gasteiger partial charge in [-0.1, -0.05) is 29.4 Å². The molecule has 0 fully saturated rings. The highest BCUT2D eigenvalue weighted by atomic mass is 16.5. The molecule has 0 saturated carbocycles. The van der Waals surface area contributed by atoms with Gasteiger partial charge in [-0.05, 0) is 65.5 Å². The van der Waals surface area contributed by atoms with Crippen molar-refractivity contribution in [3.8, 4) is 5.75 Å². The molecule has 0 saturated heterocycles. The number of pyridine rings is 1. The summed E-state index contributed by atoms with van der Waals surface area (Å²) in [6.45, 7) is 3.43. The normalized spacial score (nSPS) is 12.7. The number of benzene rings is 2. The van der Waals surface area contributed by atoms with E-state index in [4.69, 9.17) is 10.3 Å². The summed E-state index contributed by atoms with van der Waals surface area (Å²) in [6, 6.07) is 14.8. The van der Waals surface area contributed by atoms with Gasteiger partial charge >= 0.3 is 0 Å². The molecule has 0 radical (unpaired) electrons. The van der Waals surface area contributed by atoms with Gasteiger partial charge in [-0.15, -0.1) is 0 Å². The first-order chi connectivity index (χ1) is 13.0. The van der Waals surface area contributed by atoms with E-state index in [1.165, 1.54) is 0 Å². The maximum atomic E-state index is 13.0. The number of ether oxygens (including phenoxy) is 1. The molecule has 2 aromatic carbocycles. The number of rotatable bonds is 5. The van der Waals surface area contributed by atoms with Crippen LogP contribution in [0.3, 0.4) is 0 Å². The number of aryl methyl sites for hydroxylation is 1. The molecule has 3 rings (SSSR count). The van der Waals surface area contributed by atoms with Gasteiger partial charge in [-0.2, -0.15) is 0 Å². The van der Waals surface area contributed by atoms with Crippen molar-refractivity contribution in [3.05, 3.63) is 76.3 Å². The molecule has 1 amide bonds. The van der Waals surface area contributed by atoms with E-state index >= 15 is 0 Å². The summed E-state index contributed by atoms with van der Waals surface area (Å²) in [5, 5.41) is 8.45. The molecule has 0 aliphatic heterocycles. The summed E-state index contributed by atoms with van der Waals surface area (Å²) in [7, 11) is 1.61. The van der Waals surface area contributed by atoms with Crippen molar-refractivity contribution >= 4 is 22.5 Å². The molecule has 7 heteroatoms. The van der Waals surface area contributed by atoms with Gasteiger partial charge in [0.1, 0.15) is 17.1 Å². The number of nitrogens with one attached hydrogen (secondary N) is 1.